The number of para-hydroxylation sites is 1. The van der Waals surface area contributed by atoms with Gasteiger partial charge in [-0.25, -0.2) is 0 Å². The van der Waals surface area contributed by atoms with Gasteiger partial charge in [0.05, 0.1) is 12.0 Å². The number of hydrogen-bond acceptors (Lipinski definition) is 3. The highest BCUT2D eigenvalue weighted by Gasteiger charge is 2.26. The third-order valence-electron chi connectivity index (χ3n) is 3.98. The molecule has 3 heteroatoms. The average molecular weight is 319 g/mol. The maximum absolute atomic E-state index is 12.0. The third-order valence-corrected chi connectivity index (χ3v) is 3.98. The number of fused-ring (bicyclic) bond motifs is 1. The van der Waals surface area contributed by atoms with E-state index in [-0.39, 0.29) is 11.9 Å². The number of carbonyl (C=O) groups is 1. The van der Waals surface area contributed by atoms with Crippen LogP contribution in [0.15, 0.2) is 79.0 Å². The van der Waals surface area contributed by atoms with Gasteiger partial charge in [-0.1, -0.05) is 54.6 Å². The topological polar surface area (TPSA) is 29.5 Å². The zero-order valence-electron chi connectivity index (χ0n) is 13.8. The second-order valence-corrected chi connectivity index (χ2v) is 5.85. The maximum Gasteiger partial charge on any atom is 0.170 e. The van der Waals surface area contributed by atoms with Crippen molar-refractivity contribution >= 4 is 5.78 Å². The normalized spacial score (nSPS) is 18.3. The van der Waals surface area contributed by atoms with E-state index in [4.69, 9.17) is 4.74 Å². The van der Waals surface area contributed by atoms with Crippen molar-refractivity contribution in [2.45, 2.75) is 12.5 Å². The Hall–Kier alpha value is -2.81. The summed E-state index contributed by atoms with van der Waals surface area (Å²) < 4.78 is 5.87. The van der Waals surface area contributed by atoms with Crippen LogP contribution < -0.4 is 4.74 Å². The quantitative estimate of drug-likeness (QED) is 0.780. The molecule has 1 atom stereocenters. The van der Waals surface area contributed by atoms with Crippen LogP contribution in [0.1, 0.15) is 28.4 Å². The summed E-state index contributed by atoms with van der Waals surface area (Å²) in [4.78, 5) is 14.1. The molecule has 1 unspecified atom stereocenters. The summed E-state index contributed by atoms with van der Waals surface area (Å²) in [5, 5.41) is 0. The first-order chi connectivity index (χ1) is 11.7. The molecule has 0 saturated heterocycles. The number of ketones is 1. The molecule has 4 rings (SSSR count). The lowest BCUT2D eigenvalue weighted by molar-refractivity contribution is 0.0850. The second-order valence-electron chi connectivity index (χ2n) is 5.85. The van der Waals surface area contributed by atoms with Gasteiger partial charge in [-0.2, -0.15) is 0 Å². The molecule has 2 heterocycles. The predicted molar refractivity (Wildman–Crippen MR) is 96.1 cm³/mol. The molecule has 2 aromatic carbocycles. The number of nitrogens with zero attached hydrogens (tertiary/aromatic N) is 1. The number of carbonyl (C=O) groups excluding carboxylic acids is 1. The highest BCUT2D eigenvalue weighted by molar-refractivity contribution is 5.99. The summed E-state index contributed by atoms with van der Waals surface area (Å²) in [5.41, 5.74) is 1.75. The molecule has 0 saturated carbocycles. The Kier molecular flexibility index (Phi) is 5.12. The molecule has 2 aliphatic rings. The van der Waals surface area contributed by atoms with E-state index in [1.165, 1.54) is 0 Å². The van der Waals surface area contributed by atoms with Crippen LogP contribution in [0, 0.1) is 0 Å². The zero-order valence-corrected chi connectivity index (χ0v) is 13.8. The van der Waals surface area contributed by atoms with Crippen molar-refractivity contribution in [2.24, 2.45) is 0 Å². The van der Waals surface area contributed by atoms with Crippen LogP contribution in [0.2, 0.25) is 0 Å². The lowest BCUT2D eigenvalue weighted by Gasteiger charge is -2.25. The lowest BCUT2D eigenvalue weighted by Crippen LogP contribution is -2.20. The minimum Gasteiger partial charge on any atom is -0.484 e. The van der Waals surface area contributed by atoms with Gasteiger partial charge in [0.1, 0.15) is 11.9 Å². The van der Waals surface area contributed by atoms with Gasteiger partial charge in [0, 0.05) is 13.6 Å². The Morgan fingerprint density at radius 3 is 2.42 bits per heavy atom. The van der Waals surface area contributed by atoms with E-state index in [1.54, 1.807) is 0 Å². The van der Waals surface area contributed by atoms with E-state index < -0.39 is 0 Å². The maximum atomic E-state index is 12.0. The molecule has 3 nitrogen and oxygen atoms in total. The Bertz CT molecular complexity index is 749. The molecular formula is C21H21NO2. The number of likely N-dealkylation sites (N-methyl/N-ethyl adjacent to an activating group) is 1. The van der Waals surface area contributed by atoms with Crippen LogP contribution >= 0.6 is 0 Å². The third kappa shape index (κ3) is 3.93. The Morgan fingerprint density at radius 2 is 1.75 bits per heavy atom. The fourth-order valence-corrected chi connectivity index (χ4v) is 2.69. The lowest BCUT2D eigenvalue weighted by atomic mass is 9.96. The van der Waals surface area contributed by atoms with Crippen LogP contribution in [-0.2, 0) is 0 Å². The monoisotopic (exact) mass is 319 g/mol. The summed E-state index contributed by atoms with van der Waals surface area (Å²) in [6, 6.07) is 17.3. The van der Waals surface area contributed by atoms with Crippen molar-refractivity contribution in [3.05, 3.63) is 90.2 Å². The van der Waals surface area contributed by atoms with Crippen molar-refractivity contribution < 1.29 is 9.53 Å². The van der Waals surface area contributed by atoms with Gasteiger partial charge in [-0.15, -0.1) is 0 Å². The zero-order chi connectivity index (χ0) is 16.8. The van der Waals surface area contributed by atoms with E-state index in [0.29, 0.717) is 17.7 Å². The Balaban J connectivity index is 0.000000203. The number of hydrogen-bond donors (Lipinski definition) is 0. The molecule has 24 heavy (non-hydrogen) atoms. The second kappa shape index (κ2) is 7.64. The molecular weight excluding hydrogens is 298 g/mol. The molecule has 122 valence electrons. The highest BCUT2D eigenvalue weighted by Crippen LogP contribution is 2.34. The van der Waals surface area contributed by atoms with Crippen LogP contribution in [0.5, 0.6) is 5.75 Å². The highest BCUT2D eigenvalue weighted by atomic mass is 16.5. The molecule has 0 radical (unpaired) electrons. The van der Waals surface area contributed by atoms with E-state index in [1.807, 2.05) is 60.7 Å². The Labute approximate surface area is 142 Å². The SMILES string of the molecule is CN1C=CC=CC1.O=C1CC(c2ccccc2)Oc2ccccc21. The largest absolute Gasteiger partial charge is 0.484 e. The molecule has 0 aromatic heterocycles. The number of benzene rings is 2. The van der Waals surface area contributed by atoms with Crippen LogP contribution in [0.25, 0.3) is 0 Å². The predicted octanol–water partition coefficient (Wildman–Crippen LogP) is 4.39. The van der Waals surface area contributed by atoms with E-state index >= 15 is 0 Å². The Morgan fingerprint density at radius 1 is 1.00 bits per heavy atom. The smallest absolute Gasteiger partial charge is 0.170 e. The molecule has 2 aromatic rings. The van der Waals surface area contributed by atoms with E-state index in [0.717, 1.165) is 12.1 Å². The summed E-state index contributed by atoms with van der Waals surface area (Å²) in [5.74, 6) is 0.846. The molecule has 0 N–H and O–H groups in total. The fraction of sp³-hybridized carbons (Fsp3) is 0.190. The number of allylic oxidation sites excluding steroid dienone is 2. The van der Waals surface area contributed by atoms with Crippen LogP contribution in [-0.4, -0.2) is 24.3 Å². The number of Topliss-reactive ketones (excluding diaryl/α,β-unsaturated/α-hetero) is 1. The summed E-state index contributed by atoms with van der Waals surface area (Å²) in [6.07, 6.45) is 8.53. The van der Waals surface area contributed by atoms with Crippen LogP contribution in [0.3, 0.4) is 0 Å². The van der Waals surface area contributed by atoms with Crippen molar-refractivity contribution in [2.75, 3.05) is 13.6 Å². The first kappa shape index (κ1) is 16.1. The van der Waals surface area contributed by atoms with Gasteiger partial charge >= 0.3 is 0 Å². The molecule has 0 amide bonds. The molecule has 0 aliphatic carbocycles. The van der Waals surface area contributed by atoms with Crippen molar-refractivity contribution in [3.63, 3.8) is 0 Å². The van der Waals surface area contributed by atoms with Crippen LogP contribution in [0.4, 0.5) is 0 Å². The first-order valence-electron chi connectivity index (χ1n) is 8.11. The fourth-order valence-electron chi connectivity index (χ4n) is 2.69. The minimum atomic E-state index is -0.154. The molecule has 0 bridgehead atoms. The van der Waals surface area contributed by atoms with E-state index in [2.05, 4.69) is 30.3 Å². The van der Waals surface area contributed by atoms with Gasteiger partial charge in [0.25, 0.3) is 0 Å². The van der Waals surface area contributed by atoms with Gasteiger partial charge in [-0.3, -0.25) is 4.79 Å². The summed E-state index contributed by atoms with van der Waals surface area (Å²) in [7, 11) is 2.06. The van der Waals surface area contributed by atoms with Gasteiger partial charge in [-0.05, 0) is 30.0 Å². The minimum absolute atomic E-state index is 0.153. The van der Waals surface area contributed by atoms with Crippen molar-refractivity contribution in [1.29, 1.82) is 0 Å². The summed E-state index contributed by atoms with van der Waals surface area (Å²) in [6.45, 7) is 1.05. The number of ether oxygens (including phenoxy) is 1. The first-order valence-corrected chi connectivity index (χ1v) is 8.11. The van der Waals surface area contributed by atoms with Gasteiger partial charge in [0.15, 0.2) is 5.78 Å². The standard InChI is InChI=1S/C15H12O2.C6H9N/c16-13-10-15(11-6-2-1-3-7-11)17-14-9-5-4-8-12(13)14;1-7-5-3-2-4-6-7/h1-9,15H,10H2;2-5H,6H2,1H3. The van der Waals surface area contributed by atoms with Crippen molar-refractivity contribution in [1.82, 2.24) is 4.90 Å². The van der Waals surface area contributed by atoms with Crippen molar-refractivity contribution in [3.8, 4) is 5.75 Å². The average Bonchev–Trinajstić information content (AvgIpc) is 2.64. The van der Waals surface area contributed by atoms with E-state index in [9.17, 15) is 4.79 Å². The molecule has 0 fully saturated rings. The van der Waals surface area contributed by atoms with Gasteiger partial charge < -0.3 is 9.64 Å². The summed E-state index contributed by atoms with van der Waals surface area (Å²) >= 11 is 0. The number of rotatable bonds is 1. The van der Waals surface area contributed by atoms with Gasteiger partial charge in [0.2, 0.25) is 0 Å². The molecule has 0 spiro atoms. The molecule has 2 aliphatic heterocycles.